The van der Waals surface area contributed by atoms with E-state index in [1.165, 1.54) is 12.4 Å². The van der Waals surface area contributed by atoms with Crippen LogP contribution < -0.4 is 10.7 Å². The van der Waals surface area contributed by atoms with Crippen molar-refractivity contribution in [2.75, 3.05) is 0 Å². The fourth-order valence-corrected chi connectivity index (χ4v) is 1.39. The van der Waals surface area contributed by atoms with E-state index in [1.807, 2.05) is 20.8 Å². The number of hydrogen-bond acceptors (Lipinski definition) is 3. The molecular weight excluding hydrogens is 246 g/mol. The van der Waals surface area contributed by atoms with E-state index >= 15 is 0 Å². The Labute approximate surface area is 105 Å². The number of thiocarbonyl (C=S) groups is 1. The van der Waals surface area contributed by atoms with E-state index in [1.54, 1.807) is 0 Å². The Bertz CT molecular complexity index is 393. The highest BCUT2D eigenvalue weighted by Crippen LogP contribution is 2.08. The number of rotatable bonds is 2. The van der Waals surface area contributed by atoms with Crippen LogP contribution >= 0.6 is 23.8 Å². The highest BCUT2D eigenvalue weighted by Gasteiger charge is 2.09. The zero-order chi connectivity index (χ0) is 12.2. The topological polar surface area (TPSA) is 65.1 Å². The molecule has 0 aliphatic rings. The van der Waals surface area contributed by atoms with Crippen LogP contribution in [0.4, 0.5) is 0 Å². The first kappa shape index (κ1) is 12.9. The van der Waals surface area contributed by atoms with Crippen LogP contribution in [-0.4, -0.2) is 27.1 Å². The molecule has 0 aliphatic carbocycles. The molecule has 0 bridgehead atoms. The van der Waals surface area contributed by atoms with Gasteiger partial charge in [-0.15, -0.1) is 0 Å². The van der Waals surface area contributed by atoms with Gasteiger partial charge in [0.25, 0.3) is 0 Å². The molecule has 7 heteroatoms. The van der Waals surface area contributed by atoms with Crippen LogP contribution in [-0.2, 0) is 0 Å². The molecule has 5 nitrogen and oxygen atoms in total. The minimum atomic E-state index is -0.0920. The van der Waals surface area contributed by atoms with Gasteiger partial charge in [-0.1, -0.05) is 11.6 Å². The maximum atomic E-state index is 5.80. The Morgan fingerprint density at radius 1 is 1.62 bits per heavy atom. The van der Waals surface area contributed by atoms with Crippen molar-refractivity contribution in [2.45, 2.75) is 26.3 Å². The van der Waals surface area contributed by atoms with Gasteiger partial charge < -0.3 is 5.32 Å². The van der Waals surface area contributed by atoms with E-state index in [9.17, 15) is 0 Å². The standard InChI is InChI=1S/C9H14ClN5S/c1-9(2,3)13-8(16)15-12-5-7-6(10)4-11-14-7/h4-5H,1-3H3,(H,11,14)(H2,13,15,16). The minimum Gasteiger partial charge on any atom is -0.357 e. The molecule has 0 saturated carbocycles. The first-order valence-corrected chi connectivity index (χ1v) is 5.47. The highest BCUT2D eigenvalue weighted by atomic mass is 35.5. The van der Waals surface area contributed by atoms with E-state index < -0.39 is 0 Å². The van der Waals surface area contributed by atoms with Crippen molar-refractivity contribution in [1.82, 2.24) is 20.9 Å². The number of halogens is 1. The van der Waals surface area contributed by atoms with Crippen LogP contribution in [0.25, 0.3) is 0 Å². The summed E-state index contributed by atoms with van der Waals surface area (Å²) in [6.07, 6.45) is 3.03. The lowest BCUT2D eigenvalue weighted by molar-refractivity contribution is 0.508. The number of nitrogens with one attached hydrogen (secondary N) is 3. The molecule has 1 aromatic rings. The van der Waals surface area contributed by atoms with Crippen LogP contribution in [0.1, 0.15) is 26.5 Å². The van der Waals surface area contributed by atoms with Crippen molar-refractivity contribution < 1.29 is 0 Å². The molecule has 0 atom stereocenters. The van der Waals surface area contributed by atoms with E-state index in [2.05, 4.69) is 26.0 Å². The predicted molar refractivity (Wildman–Crippen MR) is 69.8 cm³/mol. The smallest absolute Gasteiger partial charge is 0.187 e. The molecule has 3 N–H and O–H groups in total. The fraction of sp³-hybridized carbons (Fsp3) is 0.444. The average Bonchev–Trinajstić information content (AvgIpc) is 2.48. The molecule has 88 valence electrons. The Morgan fingerprint density at radius 3 is 2.81 bits per heavy atom. The van der Waals surface area contributed by atoms with Gasteiger partial charge in [0.1, 0.15) is 0 Å². The SMILES string of the molecule is CC(C)(C)NC(=S)NN=Cc1[nH]ncc1Cl. The van der Waals surface area contributed by atoms with Crippen LogP contribution in [0.3, 0.4) is 0 Å². The second kappa shape index (κ2) is 5.27. The zero-order valence-electron chi connectivity index (χ0n) is 9.34. The summed E-state index contributed by atoms with van der Waals surface area (Å²) in [5.74, 6) is 0. The third-order valence-electron chi connectivity index (χ3n) is 1.47. The van der Waals surface area contributed by atoms with Gasteiger partial charge in [-0.3, -0.25) is 10.5 Å². The summed E-state index contributed by atoms with van der Waals surface area (Å²) in [5, 5.41) is 14.4. The summed E-state index contributed by atoms with van der Waals surface area (Å²) in [5.41, 5.74) is 3.23. The summed E-state index contributed by atoms with van der Waals surface area (Å²) in [4.78, 5) is 0. The molecule has 0 unspecified atom stereocenters. The Kier molecular flexibility index (Phi) is 4.26. The highest BCUT2D eigenvalue weighted by molar-refractivity contribution is 7.80. The second-order valence-corrected chi connectivity index (χ2v) is 5.02. The molecule has 0 spiro atoms. The second-order valence-electron chi connectivity index (χ2n) is 4.21. The quantitative estimate of drug-likeness (QED) is 0.429. The van der Waals surface area contributed by atoms with Crippen molar-refractivity contribution in [3.63, 3.8) is 0 Å². The van der Waals surface area contributed by atoms with Crippen molar-refractivity contribution in [3.8, 4) is 0 Å². The molecule has 0 aliphatic heterocycles. The first-order valence-electron chi connectivity index (χ1n) is 4.68. The van der Waals surface area contributed by atoms with Gasteiger partial charge in [-0.05, 0) is 33.0 Å². The molecule has 0 aromatic carbocycles. The van der Waals surface area contributed by atoms with E-state index in [4.69, 9.17) is 23.8 Å². The molecule has 16 heavy (non-hydrogen) atoms. The normalized spacial score (nSPS) is 11.8. The van der Waals surface area contributed by atoms with E-state index in [0.29, 0.717) is 15.8 Å². The molecule has 0 saturated heterocycles. The molecule has 1 aromatic heterocycles. The van der Waals surface area contributed by atoms with Gasteiger partial charge in [0.05, 0.1) is 23.1 Å². The lowest BCUT2D eigenvalue weighted by Gasteiger charge is -2.21. The van der Waals surface area contributed by atoms with Crippen LogP contribution in [0.5, 0.6) is 0 Å². The number of hydrogen-bond donors (Lipinski definition) is 3. The van der Waals surface area contributed by atoms with Crippen molar-refractivity contribution in [2.24, 2.45) is 5.10 Å². The Balaban J connectivity index is 2.44. The summed E-state index contributed by atoms with van der Waals surface area (Å²) >= 11 is 10.8. The molecule has 1 rings (SSSR count). The van der Waals surface area contributed by atoms with Crippen molar-refractivity contribution >= 4 is 35.1 Å². The largest absolute Gasteiger partial charge is 0.357 e. The van der Waals surface area contributed by atoms with Gasteiger partial charge in [0, 0.05) is 5.54 Å². The lowest BCUT2D eigenvalue weighted by Crippen LogP contribution is -2.44. The van der Waals surface area contributed by atoms with Crippen LogP contribution in [0, 0.1) is 0 Å². The maximum Gasteiger partial charge on any atom is 0.187 e. The van der Waals surface area contributed by atoms with Crippen LogP contribution in [0.15, 0.2) is 11.3 Å². The van der Waals surface area contributed by atoms with Gasteiger partial charge in [0.2, 0.25) is 0 Å². The number of nitrogens with zero attached hydrogens (tertiary/aromatic N) is 2. The van der Waals surface area contributed by atoms with Gasteiger partial charge >= 0.3 is 0 Å². The molecule has 0 radical (unpaired) electrons. The van der Waals surface area contributed by atoms with Crippen LogP contribution in [0.2, 0.25) is 5.02 Å². The third-order valence-corrected chi connectivity index (χ3v) is 1.96. The molecule has 0 amide bonds. The summed E-state index contributed by atoms with van der Waals surface area (Å²) in [6.45, 7) is 6.03. The zero-order valence-corrected chi connectivity index (χ0v) is 10.9. The summed E-state index contributed by atoms with van der Waals surface area (Å²) in [7, 11) is 0. The van der Waals surface area contributed by atoms with Gasteiger partial charge in [0.15, 0.2) is 5.11 Å². The van der Waals surface area contributed by atoms with Gasteiger partial charge in [-0.2, -0.15) is 10.2 Å². The van der Waals surface area contributed by atoms with Gasteiger partial charge in [-0.25, -0.2) is 0 Å². The number of hydrazone groups is 1. The van der Waals surface area contributed by atoms with Crippen molar-refractivity contribution in [3.05, 3.63) is 16.9 Å². The summed E-state index contributed by atoms with van der Waals surface area (Å²) in [6, 6.07) is 0. The van der Waals surface area contributed by atoms with E-state index in [-0.39, 0.29) is 5.54 Å². The summed E-state index contributed by atoms with van der Waals surface area (Å²) < 4.78 is 0. The molecule has 0 fully saturated rings. The fourth-order valence-electron chi connectivity index (χ4n) is 0.896. The number of aromatic amines is 1. The maximum absolute atomic E-state index is 5.80. The van der Waals surface area contributed by atoms with E-state index in [0.717, 1.165) is 0 Å². The molecule has 1 heterocycles. The monoisotopic (exact) mass is 259 g/mol. The Hall–Kier alpha value is -1.14. The predicted octanol–water partition coefficient (Wildman–Crippen LogP) is 1.66. The third kappa shape index (κ3) is 4.59. The first-order chi connectivity index (χ1) is 7.38. The number of aromatic nitrogens is 2. The average molecular weight is 260 g/mol. The lowest BCUT2D eigenvalue weighted by atomic mass is 10.1. The Morgan fingerprint density at radius 2 is 2.31 bits per heavy atom. The minimum absolute atomic E-state index is 0.0920. The molecular formula is C9H14ClN5S. The number of H-pyrrole nitrogens is 1. The van der Waals surface area contributed by atoms with Crippen molar-refractivity contribution in [1.29, 1.82) is 0 Å².